The molecule has 0 spiro atoms. The lowest BCUT2D eigenvalue weighted by molar-refractivity contribution is 0.0527. The van der Waals surface area contributed by atoms with Gasteiger partial charge in [0.2, 0.25) is 0 Å². The molecule has 0 aliphatic carbocycles. The number of hydrogen-bond donors (Lipinski definition) is 1. The van der Waals surface area contributed by atoms with E-state index in [0.29, 0.717) is 29.6 Å². The number of benzene rings is 2. The lowest BCUT2D eigenvalue weighted by Gasteiger charge is -2.17. The minimum Gasteiger partial charge on any atom is -0.462 e. The third-order valence-electron chi connectivity index (χ3n) is 3.68. The van der Waals surface area contributed by atoms with Gasteiger partial charge in [0.05, 0.1) is 24.1 Å². The molecule has 3 rings (SSSR count). The molecule has 0 saturated heterocycles. The van der Waals surface area contributed by atoms with Gasteiger partial charge in [0, 0.05) is 12.7 Å². The number of hydrogen-bond acceptors (Lipinski definition) is 7. The van der Waals surface area contributed by atoms with Gasteiger partial charge in [-0.25, -0.2) is 4.79 Å². The molecule has 0 fully saturated rings. The van der Waals surface area contributed by atoms with Crippen molar-refractivity contribution >= 4 is 29.1 Å². The fraction of sp³-hybridized carbons (Fsp3) is 0.158. The van der Waals surface area contributed by atoms with Gasteiger partial charge in [0.25, 0.3) is 5.95 Å². The Morgan fingerprint density at radius 2 is 1.85 bits per heavy atom. The van der Waals surface area contributed by atoms with Crippen molar-refractivity contribution in [3.8, 4) is 0 Å². The average Bonchev–Trinajstić information content (AvgIpc) is 2.69. The highest BCUT2D eigenvalue weighted by atomic mass is 16.5. The summed E-state index contributed by atoms with van der Waals surface area (Å²) in [6.07, 6.45) is 1.50. The summed E-state index contributed by atoms with van der Waals surface area (Å²) in [7, 11) is 1.86. The summed E-state index contributed by atoms with van der Waals surface area (Å²) in [6.45, 7) is 2.09. The number of nitrogens with one attached hydrogen (secondary N) is 1. The van der Waals surface area contributed by atoms with Crippen LogP contribution in [0.3, 0.4) is 0 Å². The van der Waals surface area contributed by atoms with Gasteiger partial charge in [-0.2, -0.15) is 10.1 Å². The number of carbonyl (C=O) groups excluding carboxylic acids is 1. The molecule has 1 heterocycles. The molecule has 0 bridgehead atoms. The van der Waals surface area contributed by atoms with Crippen LogP contribution >= 0.6 is 0 Å². The first-order chi connectivity index (χ1) is 12.7. The normalized spacial score (nSPS) is 10.2. The van der Waals surface area contributed by atoms with Crippen LogP contribution in [0.1, 0.15) is 17.3 Å². The molecule has 1 aromatic heterocycles. The van der Waals surface area contributed by atoms with Crippen LogP contribution in [0, 0.1) is 0 Å². The maximum atomic E-state index is 12.1. The Kier molecular flexibility index (Phi) is 5.38. The topological polar surface area (TPSA) is 80.2 Å². The van der Waals surface area contributed by atoms with Crippen LogP contribution in [0.25, 0.3) is 0 Å². The van der Waals surface area contributed by atoms with Crippen molar-refractivity contribution < 1.29 is 9.53 Å². The van der Waals surface area contributed by atoms with Crippen LogP contribution in [0.4, 0.5) is 23.1 Å². The number of aromatic nitrogens is 3. The highest BCUT2D eigenvalue weighted by molar-refractivity contribution is 5.96. The van der Waals surface area contributed by atoms with Gasteiger partial charge in [-0.15, -0.1) is 5.10 Å². The molecule has 2 aromatic carbocycles. The zero-order valence-corrected chi connectivity index (χ0v) is 14.6. The van der Waals surface area contributed by atoms with Crippen molar-refractivity contribution in [3.05, 3.63) is 66.4 Å². The number of carbonyl (C=O) groups is 1. The lowest BCUT2D eigenvalue weighted by atomic mass is 10.2. The van der Waals surface area contributed by atoms with Crippen LogP contribution in [-0.4, -0.2) is 34.8 Å². The smallest absolute Gasteiger partial charge is 0.340 e. The molecule has 0 radical (unpaired) electrons. The average molecular weight is 349 g/mol. The zero-order valence-electron chi connectivity index (χ0n) is 14.6. The van der Waals surface area contributed by atoms with E-state index in [2.05, 4.69) is 20.5 Å². The van der Waals surface area contributed by atoms with Gasteiger partial charge in [0.15, 0.2) is 5.82 Å². The van der Waals surface area contributed by atoms with Gasteiger partial charge in [-0.1, -0.05) is 30.3 Å². The van der Waals surface area contributed by atoms with E-state index < -0.39 is 0 Å². The number of para-hydroxylation sites is 2. The predicted octanol–water partition coefficient (Wildman–Crippen LogP) is 3.56. The van der Waals surface area contributed by atoms with E-state index in [4.69, 9.17) is 4.74 Å². The molecular weight excluding hydrogens is 330 g/mol. The molecule has 0 amide bonds. The van der Waals surface area contributed by atoms with Crippen LogP contribution < -0.4 is 10.2 Å². The maximum absolute atomic E-state index is 12.1. The molecule has 1 N–H and O–H groups in total. The minimum atomic E-state index is -0.390. The number of esters is 1. The fourth-order valence-corrected chi connectivity index (χ4v) is 2.38. The number of anilines is 4. The van der Waals surface area contributed by atoms with E-state index in [1.165, 1.54) is 6.20 Å². The van der Waals surface area contributed by atoms with Gasteiger partial charge >= 0.3 is 5.97 Å². The van der Waals surface area contributed by atoms with E-state index in [0.717, 1.165) is 5.69 Å². The second kappa shape index (κ2) is 8.06. The third kappa shape index (κ3) is 3.94. The summed E-state index contributed by atoms with van der Waals surface area (Å²) in [5, 5.41) is 11.2. The quantitative estimate of drug-likeness (QED) is 0.682. The van der Waals surface area contributed by atoms with E-state index in [-0.39, 0.29) is 5.97 Å². The van der Waals surface area contributed by atoms with Crippen LogP contribution in [-0.2, 0) is 4.74 Å². The summed E-state index contributed by atoms with van der Waals surface area (Å²) in [5.41, 5.74) is 1.98. The highest BCUT2D eigenvalue weighted by Crippen LogP contribution is 2.23. The number of ether oxygens (including phenoxy) is 1. The standard InChI is InChI=1S/C19H19N5O2/c1-3-26-18(25)15-11-7-8-12-16(15)21-17-13-20-23-19(22-17)24(2)14-9-5-4-6-10-14/h4-13H,3H2,1-2H3,(H,21,22,23). The lowest BCUT2D eigenvalue weighted by Crippen LogP contribution is -2.14. The van der Waals surface area contributed by atoms with Crippen molar-refractivity contribution in [3.63, 3.8) is 0 Å². The zero-order chi connectivity index (χ0) is 18.4. The summed E-state index contributed by atoms with van der Waals surface area (Å²) < 4.78 is 5.09. The van der Waals surface area contributed by atoms with Gasteiger partial charge < -0.3 is 15.0 Å². The fourth-order valence-electron chi connectivity index (χ4n) is 2.38. The Morgan fingerprint density at radius 1 is 1.12 bits per heavy atom. The summed E-state index contributed by atoms with van der Waals surface area (Å²) in [5.74, 6) is 0.531. The van der Waals surface area contributed by atoms with Gasteiger partial charge in [-0.05, 0) is 31.2 Å². The Balaban J connectivity index is 1.85. The minimum absolute atomic E-state index is 0.314. The first-order valence-corrected chi connectivity index (χ1v) is 8.20. The highest BCUT2D eigenvalue weighted by Gasteiger charge is 2.14. The largest absolute Gasteiger partial charge is 0.462 e. The van der Waals surface area contributed by atoms with Crippen molar-refractivity contribution in [2.45, 2.75) is 6.92 Å². The molecule has 3 aromatic rings. The monoisotopic (exact) mass is 349 g/mol. The Morgan fingerprint density at radius 3 is 2.62 bits per heavy atom. The Hall–Kier alpha value is -3.48. The second-order valence-corrected chi connectivity index (χ2v) is 5.43. The molecule has 0 atom stereocenters. The molecule has 0 saturated carbocycles. The SMILES string of the molecule is CCOC(=O)c1ccccc1Nc1cnnc(N(C)c2ccccc2)n1. The summed E-state index contributed by atoms with van der Waals surface area (Å²) in [6, 6.07) is 16.8. The summed E-state index contributed by atoms with van der Waals surface area (Å²) >= 11 is 0. The molecule has 132 valence electrons. The van der Waals surface area contributed by atoms with E-state index in [9.17, 15) is 4.79 Å². The van der Waals surface area contributed by atoms with Crippen molar-refractivity contribution in [2.75, 3.05) is 23.9 Å². The molecule has 0 aliphatic rings. The van der Waals surface area contributed by atoms with Crippen LogP contribution in [0.15, 0.2) is 60.8 Å². The van der Waals surface area contributed by atoms with Crippen molar-refractivity contribution in [1.29, 1.82) is 0 Å². The molecular formula is C19H19N5O2. The van der Waals surface area contributed by atoms with Crippen LogP contribution in [0.2, 0.25) is 0 Å². The molecule has 7 nitrogen and oxygen atoms in total. The summed E-state index contributed by atoms with van der Waals surface area (Å²) in [4.78, 5) is 18.4. The first-order valence-electron chi connectivity index (χ1n) is 8.20. The molecule has 26 heavy (non-hydrogen) atoms. The molecule has 0 aliphatic heterocycles. The van der Waals surface area contributed by atoms with E-state index in [1.807, 2.05) is 48.3 Å². The van der Waals surface area contributed by atoms with Gasteiger partial charge in [-0.3, -0.25) is 0 Å². The van der Waals surface area contributed by atoms with E-state index in [1.54, 1.807) is 25.1 Å². The van der Waals surface area contributed by atoms with E-state index >= 15 is 0 Å². The number of rotatable bonds is 6. The van der Waals surface area contributed by atoms with Crippen molar-refractivity contribution in [1.82, 2.24) is 15.2 Å². The Labute approximate surface area is 151 Å². The van der Waals surface area contributed by atoms with Crippen LogP contribution in [0.5, 0.6) is 0 Å². The molecule has 7 heteroatoms. The number of nitrogens with zero attached hydrogens (tertiary/aromatic N) is 4. The van der Waals surface area contributed by atoms with Crippen molar-refractivity contribution in [2.24, 2.45) is 0 Å². The predicted molar refractivity (Wildman–Crippen MR) is 100 cm³/mol. The Bertz CT molecular complexity index is 886. The molecule has 0 unspecified atom stereocenters. The third-order valence-corrected chi connectivity index (χ3v) is 3.68. The maximum Gasteiger partial charge on any atom is 0.340 e. The second-order valence-electron chi connectivity index (χ2n) is 5.43. The first kappa shape index (κ1) is 17.3. The van der Waals surface area contributed by atoms with Gasteiger partial charge in [0.1, 0.15) is 0 Å².